The summed E-state index contributed by atoms with van der Waals surface area (Å²) < 4.78 is 6.00. The molecule has 9 heteroatoms. The molecule has 2 aromatic heterocycles. The number of hydrogen-bond donors (Lipinski definition) is 2. The van der Waals surface area contributed by atoms with E-state index in [2.05, 4.69) is 9.97 Å². The van der Waals surface area contributed by atoms with E-state index in [0.29, 0.717) is 32.8 Å². The molecule has 0 saturated carbocycles. The van der Waals surface area contributed by atoms with Gasteiger partial charge in [0.1, 0.15) is 5.65 Å². The normalized spacial score (nSPS) is 17.0. The minimum absolute atomic E-state index is 0.0472. The number of aliphatic hydroxyl groups excluding tert-OH is 1. The lowest BCUT2D eigenvalue weighted by Crippen LogP contribution is -2.46. The van der Waals surface area contributed by atoms with Crippen LogP contribution in [0.25, 0.3) is 11.0 Å². The molecule has 2 N–H and O–H groups in total. The van der Waals surface area contributed by atoms with Crippen molar-refractivity contribution in [2.24, 2.45) is 0 Å². The lowest BCUT2D eigenvalue weighted by atomic mass is 10.3. The Balaban J connectivity index is 1.95. The predicted molar refractivity (Wildman–Crippen MR) is 86.2 cm³/mol. The minimum atomic E-state index is -1.00. The Morgan fingerprint density at radius 1 is 1.21 bits per heavy atom. The Hall–Kier alpha value is -2.36. The lowest BCUT2D eigenvalue weighted by Gasteiger charge is -2.28. The van der Waals surface area contributed by atoms with Crippen molar-refractivity contribution < 1.29 is 9.84 Å². The van der Waals surface area contributed by atoms with E-state index in [1.54, 1.807) is 6.07 Å². The van der Waals surface area contributed by atoms with Gasteiger partial charge in [-0.3, -0.25) is 23.9 Å². The highest BCUT2D eigenvalue weighted by Gasteiger charge is 2.17. The zero-order chi connectivity index (χ0) is 17.1. The number of H-pyrrole nitrogens is 1. The number of aromatic amines is 1. The third-order valence-corrected chi connectivity index (χ3v) is 3.92. The predicted octanol–water partition coefficient (Wildman–Crippen LogP) is -1.86. The molecule has 0 bridgehead atoms. The van der Waals surface area contributed by atoms with Crippen LogP contribution in [-0.2, 0) is 11.3 Å². The molecule has 1 aliphatic rings. The van der Waals surface area contributed by atoms with Crippen molar-refractivity contribution in [2.75, 3.05) is 32.8 Å². The largest absolute Gasteiger partial charge is 0.390 e. The van der Waals surface area contributed by atoms with Gasteiger partial charge in [-0.2, -0.15) is 0 Å². The quantitative estimate of drug-likeness (QED) is 0.630. The standard InChI is InChI=1S/C15H18N4O5/c20-10(8-18-4-6-24-7-5-18)9-19-14(22)11-2-1-3-16-12(11)17-13(21)15(19)23/h1-3,10,20H,4-9H2,(H,16,17,21). The third kappa shape index (κ3) is 3.42. The van der Waals surface area contributed by atoms with Crippen molar-refractivity contribution in [3.63, 3.8) is 0 Å². The average molecular weight is 334 g/mol. The SMILES string of the molecule is O=c1[nH]c2ncccc2c(=O)n(CC(O)CN2CCOCC2)c1=O. The summed E-state index contributed by atoms with van der Waals surface area (Å²) in [6.07, 6.45) is 0.460. The van der Waals surface area contributed by atoms with Crippen molar-refractivity contribution in [2.45, 2.75) is 12.6 Å². The maximum absolute atomic E-state index is 12.5. The van der Waals surface area contributed by atoms with Crippen LogP contribution in [0.15, 0.2) is 32.7 Å². The first-order chi connectivity index (χ1) is 11.6. The number of morpholine rings is 1. The van der Waals surface area contributed by atoms with E-state index in [1.807, 2.05) is 4.90 Å². The molecule has 128 valence electrons. The highest BCUT2D eigenvalue weighted by atomic mass is 16.5. The van der Waals surface area contributed by atoms with Crippen LogP contribution in [0.1, 0.15) is 0 Å². The first kappa shape index (κ1) is 16.5. The van der Waals surface area contributed by atoms with E-state index in [1.165, 1.54) is 12.3 Å². The summed E-state index contributed by atoms with van der Waals surface area (Å²) in [7, 11) is 0. The summed E-state index contributed by atoms with van der Waals surface area (Å²) in [6, 6.07) is 3.02. The molecule has 0 radical (unpaired) electrons. The summed E-state index contributed by atoms with van der Waals surface area (Å²) in [5.74, 6) is 0. The Morgan fingerprint density at radius 2 is 1.96 bits per heavy atom. The van der Waals surface area contributed by atoms with Crippen LogP contribution in [0.5, 0.6) is 0 Å². The molecule has 0 aliphatic carbocycles. The smallest absolute Gasteiger partial charge is 0.319 e. The first-order valence-corrected chi connectivity index (χ1v) is 7.66. The zero-order valence-electron chi connectivity index (χ0n) is 13.0. The summed E-state index contributed by atoms with van der Waals surface area (Å²) in [5, 5.41) is 10.4. The number of nitrogens with one attached hydrogen (secondary N) is 1. The number of aromatic nitrogens is 3. The van der Waals surface area contributed by atoms with Gasteiger partial charge < -0.3 is 14.8 Å². The van der Waals surface area contributed by atoms with Gasteiger partial charge in [-0.15, -0.1) is 0 Å². The number of nitrogens with zero attached hydrogens (tertiary/aromatic N) is 3. The van der Waals surface area contributed by atoms with Crippen molar-refractivity contribution in [3.8, 4) is 0 Å². The fourth-order valence-corrected chi connectivity index (χ4v) is 2.71. The average Bonchev–Trinajstić information content (AvgIpc) is 2.67. The fourth-order valence-electron chi connectivity index (χ4n) is 2.71. The first-order valence-electron chi connectivity index (χ1n) is 7.66. The van der Waals surface area contributed by atoms with Gasteiger partial charge in [0, 0.05) is 25.8 Å². The van der Waals surface area contributed by atoms with Crippen LogP contribution in [0.3, 0.4) is 0 Å². The minimum Gasteiger partial charge on any atom is -0.390 e. The van der Waals surface area contributed by atoms with E-state index in [4.69, 9.17) is 4.74 Å². The zero-order valence-corrected chi connectivity index (χ0v) is 13.0. The summed E-state index contributed by atoms with van der Waals surface area (Å²) in [5.41, 5.74) is -2.55. The third-order valence-electron chi connectivity index (χ3n) is 3.92. The number of β-amino-alcohol motifs (C(OH)–C–C–N with tert-alkyl or cyclic N) is 1. The monoisotopic (exact) mass is 334 g/mol. The van der Waals surface area contributed by atoms with Gasteiger partial charge in [0.05, 0.1) is 31.2 Å². The number of fused-ring (bicyclic) bond motifs is 1. The number of aliphatic hydroxyl groups is 1. The van der Waals surface area contributed by atoms with E-state index in [9.17, 15) is 19.5 Å². The Morgan fingerprint density at radius 3 is 2.71 bits per heavy atom. The molecular weight excluding hydrogens is 316 g/mol. The molecule has 9 nitrogen and oxygen atoms in total. The molecule has 1 aliphatic heterocycles. The maximum atomic E-state index is 12.5. The van der Waals surface area contributed by atoms with Crippen molar-refractivity contribution in [3.05, 3.63) is 49.4 Å². The van der Waals surface area contributed by atoms with E-state index in [0.717, 1.165) is 4.57 Å². The van der Waals surface area contributed by atoms with Gasteiger partial charge in [0.2, 0.25) is 0 Å². The molecule has 0 amide bonds. The molecular formula is C15H18N4O5. The second-order valence-corrected chi connectivity index (χ2v) is 5.64. The number of rotatable bonds is 4. The molecule has 24 heavy (non-hydrogen) atoms. The fraction of sp³-hybridized carbons (Fsp3) is 0.467. The van der Waals surface area contributed by atoms with Crippen LogP contribution >= 0.6 is 0 Å². The molecule has 3 rings (SSSR count). The molecule has 0 aromatic carbocycles. The number of hydrogen-bond acceptors (Lipinski definition) is 7. The Bertz CT molecular complexity index is 901. The van der Waals surface area contributed by atoms with E-state index >= 15 is 0 Å². The van der Waals surface area contributed by atoms with Gasteiger partial charge in [-0.05, 0) is 12.1 Å². The van der Waals surface area contributed by atoms with Crippen molar-refractivity contribution >= 4 is 11.0 Å². The summed E-state index contributed by atoms with van der Waals surface area (Å²) in [6.45, 7) is 2.54. The van der Waals surface area contributed by atoms with Gasteiger partial charge in [0.15, 0.2) is 0 Å². The summed E-state index contributed by atoms with van der Waals surface area (Å²) >= 11 is 0. The number of ether oxygens (including phenoxy) is 1. The molecule has 1 fully saturated rings. The Kier molecular flexibility index (Phi) is 4.84. The molecule has 0 spiro atoms. The second kappa shape index (κ2) is 7.04. The van der Waals surface area contributed by atoms with Gasteiger partial charge in [-0.25, -0.2) is 4.98 Å². The van der Waals surface area contributed by atoms with Gasteiger partial charge in [-0.1, -0.05) is 0 Å². The molecule has 1 saturated heterocycles. The Labute approximate surface area is 136 Å². The molecule has 3 heterocycles. The van der Waals surface area contributed by atoms with E-state index < -0.39 is 22.8 Å². The van der Waals surface area contributed by atoms with Crippen LogP contribution in [0, 0.1) is 0 Å². The van der Waals surface area contributed by atoms with Crippen LogP contribution in [-0.4, -0.2) is 63.5 Å². The topological polar surface area (TPSA) is 118 Å². The number of pyridine rings is 1. The van der Waals surface area contributed by atoms with Crippen LogP contribution in [0.2, 0.25) is 0 Å². The van der Waals surface area contributed by atoms with Gasteiger partial charge in [0.25, 0.3) is 5.56 Å². The van der Waals surface area contributed by atoms with E-state index in [-0.39, 0.29) is 17.6 Å². The van der Waals surface area contributed by atoms with Crippen LogP contribution < -0.4 is 16.7 Å². The highest BCUT2D eigenvalue weighted by Crippen LogP contribution is 2.01. The lowest BCUT2D eigenvalue weighted by molar-refractivity contribution is 0.0112. The van der Waals surface area contributed by atoms with Crippen molar-refractivity contribution in [1.82, 2.24) is 19.4 Å². The molecule has 1 unspecified atom stereocenters. The maximum Gasteiger partial charge on any atom is 0.319 e. The molecule has 2 aromatic rings. The van der Waals surface area contributed by atoms with Gasteiger partial charge >= 0.3 is 11.1 Å². The second-order valence-electron chi connectivity index (χ2n) is 5.64. The highest BCUT2D eigenvalue weighted by molar-refractivity contribution is 5.72. The van der Waals surface area contributed by atoms with Crippen LogP contribution in [0.4, 0.5) is 0 Å². The summed E-state index contributed by atoms with van der Waals surface area (Å²) in [4.78, 5) is 44.8. The van der Waals surface area contributed by atoms with Crippen molar-refractivity contribution in [1.29, 1.82) is 0 Å². The molecule has 1 atom stereocenters.